The zero-order valence-corrected chi connectivity index (χ0v) is 17.8. The Morgan fingerprint density at radius 1 is 0.769 bits per heavy atom. The van der Waals surface area contributed by atoms with Gasteiger partial charge in [0.25, 0.3) is 0 Å². The van der Waals surface area contributed by atoms with Crippen LogP contribution in [-0.4, -0.2) is 8.07 Å². The monoisotopic (exact) mass is 362 g/mol. The molecule has 0 saturated heterocycles. The molecule has 0 heterocycles. The number of benzene rings is 2. The summed E-state index contributed by atoms with van der Waals surface area (Å²) >= 11 is 0. The van der Waals surface area contributed by atoms with E-state index in [0.717, 1.165) is 19.3 Å². The van der Waals surface area contributed by atoms with E-state index < -0.39 is 8.07 Å². The third-order valence-electron chi connectivity index (χ3n) is 5.87. The van der Waals surface area contributed by atoms with Gasteiger partial charge in [-0.25, -0.2) is 0 Å². The van der Waals surface area contributed by atoms with Crippen molar-refractivity contribution in [1.29, 1.82) is 0 Å². The first-order valence-corrected chi connectivity index (χ1v) is 12.9. The van der Waals surface area contributed by atoms with Crippen LogP contribution in [0.25, 0.3) is 0 Å². The lowest BCUT2D eigenvalue weighted by molar-refractivity contribution is 0.956. The van der Waals surface area contributed by atoms with E-state index in [2.05, 4.69) is 93.2 Å². The van der Waals surface area contributed by atoms with Crippen LogP contribution in [0.5, 0.6) is 0 Å². The van der Waals surface area contributed by atoms with Gasteiger partial charge in [0.05, 0.1) is 8.07 Å². The van der Waals surface area contributed by atoms with Gasteiger partial charge in [-0.2, -0.15) is 0 Å². The van der Waals surface area contributed by atoms with E-state index in [1.165, 1.54) is 35.7 Å². The Bertz CT molecular complexity index is 681. The van der Waals surface area contributed by atoms with Crippen LogP contribution >= 0.6 is 0 Å². The maximum atomic E-state index is 3.81. The Morgan fingerprint density at radius 3 is 1.77 bits per heavy atom. The van der Waals surface area contributed by atoms with E-state index in [4.69, 9.17) is 0 Å². The van der Waals surface area contributed by atoms with Crippen LogP contribution in [0.1, 0.15) is 44.7 Å². The van der Waals surface area contributed by atoms with Gasteiger partial charge in [-0.05, 0) is 48.1 Å². The lowest BCUT2D eigenvalue weighted by Gasteiger charge is -2.30. The zero-order chi connectivity index (χ0) is 18.7. The van der Waals surface area contributed by atoms with Crippen molar-refractivity contribution in [2.24, 2.45) is 0 Å². The quantitative estimate of drug-likeness (QED) is 0.305. The van der Waals surface area contributed by atoms with Crippen LogP contribution in [-0.2, 0) is 12.8 Å². The van der Waals surface area contributed by atoms with Gasteiger partial charge in [0, 0.05) is 0 Å². The van der Waals surface area contributed by atoms with Gasteiger partial charge in [-0.1, -0.05) is 99.6 Å². The molecule has 0 aliphatic heterocycles. The predicted molar refractivity (Wildman–Crippen MR) is 118 cm³/mol. The van der Waals surface area contributed by atoms with Crippen LogP contribution in [0, 0.1) is 0 Å². The van der Waals surface area contributed by atoms with E-state index in [0.29, 0.717) is 0 Å². The molecule has 0 fully saturated rings. The molecule has 0 saturated carbocycles. The molecule has 138 valence electrons. The smallest absolute Gasteiger partial charge is 0.0906 e. The lowest BCUT2D eigenvalue weighted by atomic mass is 10.1. The van der Waals surface area contributed by atoms with Gasteiger partial charge in [-0.3, -0.25) is 0 Å². The average Bonchev–Trinajstić information content (AvgIpc) is 2.71. The topological polar surface area (TPSA) is 0 Å². The van der Waals surface area contributed by atoms with E-state index in [-0.39, 0.29) is 0 Å². The third kappa shape index (κ3) is 5.87. The molecule has 0 aliphatic rings. The Labute approximate surface area is 161 Å². The first-order valence-electron chi connectivity index (χ1n) is 10.3. The number of hydrogen-bond acceptors (Lipinski definition) is 0. The van der Waals surface area contributed by atoms with Crippen molar-refractivity contribution < 1.29 is 0 Å². The fraction of sp³-hybridized carbons (Fsp3) is 0.400. The van der Waals surface area contributed by atoms with Gasteiger partial charge in [0.1, 0.15) is 0 Å². The summed E-state index contributed by atoms with van der Waals surface area (Å²) in [5, 5.41) is 1.65. The van der Waals surface area contributed by atoms with E-state index in [1.807, 2.05) is 0 Å². The minimum absolute atomic E-state index is 1.08. The summed E-state index contributed by atoms with van der Waals surface area (Å²) in [7, 11) is -1.36. The molecule has 2 rings (SSSR count). The van der Waals surface area contributed by atoms with Crippen molar-refractivity contribution in [3.8, 4) is 0 Å². The van der Waals surface area contributed by atoms with Gasteiger partial charge in [0.2, 0.25) is 0 Å². The fourth-order valence-corrected chi connectivity index (χ4v) is 7.72. The normalized spacial score (nSPS) is 11.0. The standard InChI is InChI=1S/C25H34Si/c1-4-26(5-2,6-3)25(22-21-24-17-11-8-12-18-24)20-14-13-19-23-15-9-7-10-16-23/h7-12,14-18H,4-6,13,19,21-22H2,1-3H3. The highest BCUT2D eigenvalue weighted by molar-refractivity contribution is 6.86. The molecule has 0 nitrogen and oxygen atoms in total. The lowest BCUT2D eigenvalue weighted by Crippen LogP contribution is -2.34. The molecule has 0 radical (unpaired) electrons. The first-order chi connectivity index (χ1) is 12.7. The van der Waals surface area contributed by atoms with Crippen LogP contribution in [0.4, 0.5) is 0 Å². The Kier molecular flexibility index (Phi) is 8.68. The number of hydrogen-bond donors (Lipinski definition) is 0. The molecule has 0 amide bonds. The second-order valence-electron chi connectivity index (χ2n) is 7.18. The minimum Gasteiger partial charge on any atom is -0.130 e. The number of allylic oxidation sites excluding steroid dienone is 1. The summed E-state index contributed by atoms with van der Waals surface area (Å²) in [6.07, 6.45) is 6.83. The molecule has 0 N–H and O–H groups in total. The summed E-state index contributed by atoms with van der Waals surface area (Å²) in [4.78, 5) is 0. The van der Waals surface area contributed by atoms with Crippen molar-refractivity contribution in [3.63, 3.8) is 0 Å². The van der Waals surface area contributed by atoms with Gasteiger partial charge >= 0.3 is 0 Å². The summed E-state index contributed by atoms with van der Waals surface area (Å²) < 4.78 is 0. The minimum atomic E-state index is -1.36. The van der Waals surface area contributed by atoms with E-state index in [9.17, 15) is 0 Å². The second kappa shape index (κ2) is 11.0. The Balaban J connectivity index is 2.14. The van der Waals surface area contributed by atoms with E-state index >= 15 is 0 Å². The molecule has 0 aromatic heterocycles. The van der Waals surface area contributed by atoms with Crippen molar-refractivity contribution in [1.82, 2.24) is 0 Å². The largest absolute Gasteiger partial charge is 0.130 e. The molecule has 0 aliphatic carbocycles. The van der Waals surface area contributed by atoms with Crippen molar-refractivity contribution in [2.75, 3.05) is 0 Å². The molecule has 0 unspecified atom stereocenters. The van der Waals surface area contributed by atoms with Crippen molar-refractivity contribution in [2.45, 2.75) is 64.6 Å². The number of rotatable bonds is 10. The molecular weight excluding hydrogens is 328 g/mol. The summed E-state index contributed by atoms with van der Waals surface area (Å²) in [5.41, 5.74) is 6.67. The second-order valence-corrected chi connectivity index (χ2v) is 12.5. The van der Waals surface area contributed by atoms with Crippen molar-refractivity contribution in [3.05, 3.63) is 88.8 Å². The molecule has 0 atom stereocenters. The van der Waals surface area contributed by atoms with Gasteiger partial charge in [-0.15, -0.1) is 5.73 Å². The maximum Gasteiger partial charge on any atom is 0.0906 e. The van der Waals surface area contributed by atoms with Crippen molar-refractivity contribution >= 4 is 8.07 Å². The van der Waals surface area contributed by atoms with E-state index in [1.54, 1.807) is 5.20 Å². The molecule has 1 heteroatoms. The highest BCUT2D eigenvalue weighted by atomic mass is 28.3. The van der Waals surface area contributed by atoms with Crippen LogP contribution in [0.15, 0.2) is 77.7 Å². The molecule has 0 bridgehead atoms. The van der Waals surface area contributed by atoms with Crippen LogP contribution < -0.4 is 0 Å². The highest BCUT2D eigenvalue weighted by Gasteiger charge is 2.30. The SMILES string of the molecule is CC[Si](CC)(CC)C(=C=CCCc1ccccc1)CCc1ccccc1. The van der Waals surface area contributed by atoms with Gasteiger partial charge in [0.15, 0.2) is 0 Å². The highest BCUT2D eigenvalue weighted by Crippen LogP contribution is 2.31. The maximum absolute atomic E-state index is 3.81. The first kappa shape index (κ1) is 20.5. The molecule has 26 heavy (non-hydrogen) atoms. The van der Waals surface area contributed by atoms with Crippen LogP contribution in [0.2, 0.25) is 18.1 Å². The fourth-order valence-electron chi connectivity index (χ4n) is 3.87. The molecule has 2 aromatic carbocycles. The Morgan fingerprint density at radius 2 is 1.27 bits per heavy atom. The summed E-state index contributed by atoms with van der Waals surface area (Å²) in [5.74, 6) is 0. The summed E-state index contributed by atoms with van der Waals surface area (Å²) in [6, 6.07) is 25.7. The van der Waals surface area contributed by atoms with Gasteiger partial charge < -0.3 is 0 Å². The Hall–Kier alpha value is -1.82. The molecule has 2 aromatic rings. The number of aryl methyl sites for hydroxylation is 2. The zero-order valence-electron chi connectivity index (χ0n) is 16.8. The average molecular weight is 363 g/mol. The van der Waals surface area contributed by atoms with Crippen LogP contribution in [0.3, 0.4) is 0 Å². The summed E-state index contributed by atoms with van der Waals surface area (Å²) in [6.45, 7) is 7.19. The predicted octanol–water partition coefficient (Wildman–Crippen LogP) is 7.38. The molecular formula is C25H34Si. The molecule has 0 spiro atoms. The third-order valence-corrected chi connectivity index (χ3v) is 11.6.